The fourth-order valence-corrected chi connectivity index (χ4v) is 4.28. The van der Waals surface area contributed by atoms with Gasteiger partial charge in [-0.3, -0.25) is 4.99 Å². The molecule has 0 spiro atoms. The molecule has 4 nitrogen and oxygen atoms in total. The fraction of sp³-hybridized carbons (Fsp3) is 0.759. The number of aliphatic imine (C=N–C) groups is 1. The number of benzene rings is 1. The lowest BCUT2D eigenvalue weighted by Crippen LogP contribution is -2.42. The van der Waals surface area contributed by atoms with Crippen molar-refractivity contribution in [2.45, 2.75) is 96.8 Å². The molecule has 1 rings (SSSR count). The molecule has 0 aromatic heterocycles. The van der Waals surface area contributed by atoms with E-state index in [2.05, 4.69) is 26.0 Å². The summed E-state index contributed by atoms with van der Waals surface area (Å²) >= 11 is 0. The molecule has 0 fully saturated rings. The van der Waals surface area contributed by atoms with Crippen molar-refractivity contribution < 1.29 is 14.0 Å². The summed E-state index contributed by atoms with van der Waals surface area (Å²) in [6, 6.07) is 5.91. The maximum absolute atomic E-state index is 5.36. The first-order chi connectivity index (χ1) is 16.0. The van der Waals surface area contributed by atoms with E-state index in [-0.39, 0.29) is 0 Å². The summed E-state index contributed by atoms with van der Waals surface area (Å²) in [6.07, 6.45) is 21.8. The van der Waals surface area contributed by atoms with Crippen LogP contribution in [0.3, 0.4) is 0 Å². The highest BCUT2D eigenvalue weighted by atomic mass is 16.5. The van der Waals surface area contributed by atoms with Gasteiger partial charge in [-0.2, -0.15) is 0 Å². The van der Waals surface area contributed by atoms with E-state index < -0.39 is 0 Å². The highest BCUT2D eigenvalue weighted by Crippen LogP contribution is 2.26. The average Bonchev–Trinajstić information content (AvgIpc) is 2.81. The lowest BCUT2D eigenvalue weighted by Gasteiger charge is -2.29. The quantitative estimate of drug-likeness (QED) is 0.107. The second-order valence-corrected chi connectivity index (χ2v) is 10.1. The van der Waals surface area contributed by atoms with Gasteiger partial charge in [0, 0.05) is 6.21 Å². The van der Waals surface area contributed by atoms with E-state index in [1.165, 1.54) is 96.4 Å². The van der Waals surface area contributed by atoms with Gasteiger partial charge in [0.2, 0.25) is 0 Å². The van der Waals surface area contributed by atoms with E-state index in [1.807, 2.05) is 24.4 Å². The van der Waals surface area contributed by atoms with Gasteiger partial charge in [0.25, 0.3) is 0 Å². The van der Waals surface area contributed by atoms with Crippen LogP contribution in [0.15, 0.2) is 23.2 Å². The molecule has 0 N–H and O–H groups in total. The Morgan fingerprint density at radius 3 is 1.73 bits per heavy atom. The zero-order chi connectivity index (χ0) is 24.2. The van der Waals surface area contributed by atoms with Crippen molar-refractivity contribution >= 4 is 6.21 Å². The summed E-state index contributed by atoms with van der Waals surface area (Å²) in [6.45, 7) is 5.45. The molecule has 1 aromatic rings. The van der Waals surface area contributed by atoms with Crippen LogP contribution in [0, 0.1) is 0 Å². The van der Waals surface area contributed by atoms with Crippen LogP contribution in [0.25, 0.3) is 0 Å². The topological polar surface area (TPSA) is 30.8 Å². The number of hydrogen-bond acceptors (Lipinski definition) is 3. The first-order valence-electron chi connectivity index (χ1n) is 13.6. The van der Waals surface area contributed by atoms with Gasteiger partial charge in [-0.1, -0.05) is 84.0 Å². The molecule has 0 aliphatic heterocycles. The summed E-state index contributed by atoms with van der Waals surface area (Å²) < 4.78 is 11.7. The molecule has 0 saturated carbocycles. The molecule has 0 amide bonds. The molecule has 0 heterocycles. The molecule has 190 valence electrons. The molecular weight excluding hydrogens is 408 g/mol. The smallest absolute Gasteiger partial charge is 0.161 e. The summed E-state index contributed by atoms with van der Waals surface area (Å²) in [5.74, 6) is 1.50. The number of ether oxygens (including phenoxy) is 2. The van der Waals surface area contributed by atoms with Crippen LogP contribution >= 0.6 is 0 Å². The van der Waals surface area contributed by atoms with Crippen molar-refractivity contribution in [2.24, 2.45) is 4.99 Å². The molecule has 33 heavy (non-hydrogen) atoms. The molecule has 0 atom stereocenters. The molecule has 0 aliphatic carbocycles. The molecule has 0 bridgehead atoms. The number of likely N-dealkylation sites (N-methyl/N-ethyl adjacent to an activating group) is 1. The third kappa shape index (κ3) is 15.1. The minimum absolute atomic E-state index is 0.746. The first kappa shape index (κ1) is 29.5. The first-order valence-corrected chi connectivity index (χ1v) is 13.6. The molecule has 4 heteroatoms. The van der Waals surface area contributed by atoms with E-state index >= 15 is 0 Å². The van der Waals surface area contributed by atoms with Gasteiger partial charge in [-0.25, -0.2) is 0 Å². The van der Waals surface area contributed by atoms with Crippen molar-refractivity contribution in [1.29, 1.82) is 0 Å². The van der Waals surface area contributed by atoms with Crippen molar-refractivity contribution in [3.63, 3.8) is 0 Å². The number of hydrogen-bond donors (Lipinski definition) is 0. The molecule has 0 saturated heterocycles. The van der Waals surface area contributed by atoms with E-state index in [0.29, 0.717) is 0 Å². The number of nitrogens with zero attached hydrogens (tertiary/aromatic N) is 2. The van der Waals surface area contributed by atoms with Gasteiger partial charge >= 0.3 is 0 Å². The second-order valence-electron chi connectivity index (χ2n) is 10.1. The van der Waals surface area contributed by atoms with Crippen LogP contribution in [-0.4, -0.2) is 58.6 Å². The Kier molecular flexibility index (Phi) is 16.8. The lowest BCUT2D eigenvalue weighted by molar-refractivity contribution is -0.889. The highest BCUT2D eigenvalue weighted by Gasteiger charge is 2.13. The van der Waals surface area contributed by atoms with Crippen molar-refractivity contribution in [3.8, 4) is 11.5 Å². The Bertz CT molecular complexity index is 628. The van der Waals surface area contributed by atoms with Crippen LogP contribution in [0.4, 0.5) is 0 Å². The maximum Gasteiger partial charge on any atom is 0.161 e. The number of rotatable bonds is 21. The van der Waals surface area contributed by atoms with Gasteiger partial charge < -0.3 is 14.0 Å². The monoisotopic (exact) mass is 461 g/mol. The normalized spacial score (nSPS) is 11.9. The van der Waals surface area contributed by atoms with Crippen LogP contribution in [-0.2, 0) is 0 Å². The fourth-order valence-electron chi connectivity index (χ4n) is 4.28. The standard InChI is InChI=1S/C29H53N2O2/c1-6-7-8-9-10-11-12-13-14-15-16-17-18-19-23-31(2,3)24-22-30-26-27-20-21-28(32-4)29(25-27)33-5/h20-21,25-26H,6-19,22-24H2,1-5H3/q+1. The van der Waals surface area contributed by atoms with Crippen molar-refractivity contribution in [1.82, 2.24) is 0 Å². The average molecular weight is 462 g/mol. The third-order valence-electron chi connectivity index (χ3n) is 6.60. The minimum Gasteiger partial charge on any atom is -0.493 e. The Morgan fingerprint density at radius 1 is 0.697 bits per heavy atom. The van der Waals surface area contributed by atoms with Gasteiger partial charge in [-0.15, -0.1) is 0 Å². The Morgan fingerprint density at radius 2 is 1.21 bits per heavy atom. The Hall–Kier alpha value is -1.55. The number of quaternary nitrogens is 1. The van der Waals surface area contributed by atoms with Crippen molar-refractivity contribution in [3.05, 3.63) is 23.8 Å². The zero-order valence-electron chi connectivity index (χ0n) is 22.5. The van der Waals surface area contributed by atoms with Crippen molar-refractivity contribution in [2.75, 3.05) is 47.9 Å². The maximum atomic E-state index is 5.36. The van der Waals surface area contributed by atoms with E-state index in [1.54, 1.807) is 14.2 Å². The summed E-state index contributed by atoms with van der Waals surface area (Å²) in [7, 11) is 7.97. The third-order valence-corrected chi connectivity index (χ3v) is 6.60. The van der Waals surface area contributed by atoms with Crippen LogP contribution in [0.2, 0.25) is 0 Å². The number of unbranched alkanes of at least 4 members (excludes halogenated alkanes) is 13. The molecular formula is C29H53N2O2+. The molecule has 0 aliphatic rings. The number of methoxy groups -OCH3 is 2. The minimum atomic E-state index is 0.746. The Labute approximate surface area is 205 Å². The van der Waals surface area contributed by atoms with Gasteiger partial charge in [0.05, 0.1) is 47.9 Å². The second kappa shape index (κ2) is 18.8. The van der Waals surface area contributed by atoms with Crippen LogP contribution in [0.5, 0.6) is 11.5 Å². The molecule has 1 aromatic carbocycles. The lowest BCUT2D eigenvalue weighted by atomic mass is 10.0. The Balaban J connectivity index is 2.03. The van der Waals surface area contributed by atoms with E-state index in [0.717, 1.165) is 34.6 Å². The van der Waals surface area contributed by atoms with E-state index in [4.69, 9.17) is 9.47 Å². The van der Waals surface area contributed by atoms with Crippen LogP contribution in [0.1, 0.15) is 102 Å². The summed E-state index contributed by atoms with van der Waals surface area (Å²) in [4.78, 5) is 4.64. The summed E-state index contributed by atoms with van der Waals surface area (Å²) in [5, 5.41) is 0. The predicted molar refractivity (Wildman–Crippen MR) is 144 cm³/mol. The van der Waals surface area contributed by atoms with E-state index in [9.17, 15) is 0 Å². The van der Waals surface area contributed by atoms with Gasteiger partial charge in [0.15, 0.2) is 11.5 Å². The van der Waals surface area contributed by atoms with Crippen LogP contribution < -0.4 is 9.47 Å². The molecule has 0 radical (unpaired) electrons. The molecule has 0 unspecified atom stereocenters. The SMILES string of the molecule is CCCCCCCCCCCCCCCC[N+](C)(C)CCN=Cc1ccc(OC)c(OC)c1. The summed E-state index contributed by atoms with van der Waals surface area (Å²) in [5.41, 5.74) is 1.05. The zero-order valence-corrected chi connectivity index (χ0v) is 22.5. The predicted octanol–water partition coefficient (Wildman–Crippen LogP) is 7.68. The highest BCUT2D eigenvalue weighted by molar-refractivity contribution is 5.80. The van der Waals surface area contributed by atoms with Gasteiger partial charge in [-0.05, 0) is 36.6 Å². The largest absolute Gasteiger partial charge is 0.493 e. The van der Waals surface area contributed by atoms with Gasteiger partial charge in [0.1, 0.15) is 0 Å².